The van der Waals surface area contributed by atoms with Gasteiger partial charge in [-0.25, -0.2) is 9.59 Å². The van der Waals surface area contributed by atoms with Crippen molar-refractivity contribution in [2.75, 3.05) is 6.54 Å². The van der Waals surface area contributed by atoms with Crippen molar-refractivity contribution in [2.45, 2.75) is 32.7 Å². The molecular formula is C19H18F5N5O3S. The molecule has 0 atom stereocenters. The molecule has 178 valence electrons. The third-order valence-electron chi connectivity index (χ3n) is 4.53. The smallest absolute Gasteiger partial charge is 0.401 e. The average molecular weight is 491 g/mol. The van der Waals surface area contributed by atoms with E-state index in [1.807, 2.05) is 6.92 Å². The van der Waals surface area contributed by atoms with Crippen LogP contribution in [0.4, 0.5) is 22.0 Å². The summed E-state index contributed by atoms with van der Waals surface area (Å²) in [5.41, 5.74) is 4.52. The lowest BCUT2D eigenvalue weighted by Crippen LogP contribution is -2.30. The fourth-order valence-corrected chi connectivity index (χ4v) is 3.82. The van der Waals surface area contributed by atoms with Gasteiger partial charge in [-0.3, -0.25) is 13.8 Å². The number of carbonyl (C=O) groups is 1. The van der Waals surface area contributed by atoms with Crippen LogP contribution in [0.5, 0.6) is 5.88 Å². The van der Waals surface area contributed by atoms with Gasteiger partial charge in [-0.1, -0.05) is 0 Å². The molecule has 0 aliphatic carbocycles. The Morgan fingerprint density at radius 2 is 1.97 bits per heavy atom. The van der Waals surface area contributed by atoms with Crippen molar-refractivity contribution in [3.05, 3.63) is 57.7 Å². The summed E-state index contributed by atoms with van der Waals surface area (Å²) in [4.78, 5) is 25.4. The minimum Gasteiger partial charge on any atom is -0.401 e. The van der Waals surface area contributed by atoms with Gasteiger partial charge in [0.15, 0.2) is 0 Å². The van der Waals surface area contributed by atoms with Crippen LogP contribution in [-0.4, -0.2) is 37.6 Å². The Kier molecular flexibility index (Phi) is 7.17. The summed E-state index contributed by atoms with van der Waals surface area (Å²) in [6.45, 7) is 1.08. The summed E-state index contributed by atoms with van der Waals surface area (Å²) in [6.07, 6.45) is -3.21. The molecule has 0 bridgehead atoms. The van der Waals surface area contributed by atoms with Crippen molar-refractivity contribution in [2.24, 2.45) is 5.73 Å². The maximum absolute atomic E-state index is 13.0. The van der Waals surface area contributed by atoms with Crippen LogP contribution in [0.25, 0.3) is 10.4 Å². The van der Waals surface area contributed by atoms with Crippen LogP contribution in [0.1, 0.15) is 11.8 Å². The Balaban J connectivity index is 1.96. The number of ether oxygens (including phenoxy) is 1. The molecule has 0 unspecified atom stereocenters. The first-order chi connectivity index (χ1) is 15.5. The number of aryl methyl sites for hydroxylation is 1. The number of aromatic nitrogens is 4. The lowest BCUT2D eigenvalue weighted by Gasteiger charge is -2.08. The van der Waals surface area contributed by atoms with Gasteiger partial charge in [-0.05, 0) is 19.1 Å². The highest BCUT2D eigenvalue weighted by molar-refractivity contribution is 7.15. The van der Waals surface area contributed by atoms with Crippen molar-refractivity contribution in [3.63, 3.8) is 0 Å². The third kappa shape index (κ3) is 5.57. The predicted octanol–water partition coefficient (Wildman–Crippen LogP) is 3.22. The SMILES string of the molecule is CCn1cc(-c2ccc(Cn3c(OC(=O)C(F)(F)F)cn(CC(CN)=C(F)F)c3=O)s2)cn1. The summed E-state index contributed by atoms with van der Waals surface area (Å²) in [7, 11) is 0. The topological polar surface area (TPSA) is 97.1 Å². The van der Waals surface area contributed by atoms with Crippen LogP contribution in [0, 0.1) is 0 Å². The maximum atomic E-state index is 13.0. The highest BCUT2D eigenvalue weighted by Crippen LogP contribution is 2.29. The molecule has 0 saturated carbocycles. The van der Waals surface area contributed by atoms with Crippen molar-refractivity contribution in [3.8, 4) is 16.3 Å². The number of hydrogen-bond acceptors (Lipinski definition) is 6. The number of carbonyl (C=O) groups excluding carboxylic acids is 1. The van der Waals surface area contributed by atoms with Crippen LogP contribution in [0.15, 0.2) is 47.2 Å². The fourth-order valence-electron chi connectivity index (χ4n) is 2.85. The fraction of sp³-hybridized carbons (Fsp3) is 0.316. The number of halogens is 5. The number of imidazole rings is 1. The molecule has 2 N–H and O–H groups in total. The van der Waals surface area contributed by atoms with E-state index in [1.54, 1.807) is 29.2 Å². The van der Waals surface area contributed by atoms with Crippen LogP contribution >= 0.6 is 11.3 Å². The molecule has 0 saturated heterocycles. The molecule has 0 fully saturated rings. The molecule has 3 aromatic rings. The lowest BCUT2D eigenvalue weighted by atomic mass is 10.3. The summed E-state index contributed by atoms with van der Waals surface area (Å²) in [5, 5.41) is 4.17. The highest BCUT2D eigenvalue weighted by Gasteiger charge is 2.42. The Hall–Kier alpha value is -3.26. The van der Waals surface area contributed by atoms with Gasteiger partial charge in [0.25, 0.3) is 6.08 Å². The summed E-state index contributed by atoms with van der Waals surface area (Å²) < 4.78 is 71.6. The van der Waals surface area contributed by atoms with E-state index in [-0.39, 0.29) is 6.54 Å². The van der Waals surface area contributed by atoms with Gasteiger partial charge in [-0.15, -0.1) is 11.3 Å². The quantitative estimate of drug-likeness (QED) is 0.386. The van der Waals surface area contributed by atoms with Crippen LogP contribution in [-0.2, 0) is 24.4 Å². The van der Waals surface area contributed by atoms with E-state index in [1.165, 1.54) is 11.3 Å². The van der Waals surface area contributed by atoms with Gasteiger partial charge in [0.2, 0.25) is 5.88 Å². The van der Waals surface area contributed by atoms with Crippen molar-refractivity contribution in [1.82, 2.24) is 18.9 Å². The van der Waals surface area contributed by atoms with Crippen LogP contribution in [0.2, 0.25) is 0 Å². The zero-order chi connectivity index (χ0) is 24.3. The third-order valence-corrected chi connectivity index (χ3v) is 5.65. The molecule has 3 heterocycles. The summed E-state index contributed by atoms with van der Waals surface area (Å²) in [6, 6.07) is 3.39. The second kappa shape index (κ2) is 9.70. The van der Waals surface area contributed by atoms with Gasteiger partial charge in [0, 0.05) is 40.2 Å². The number of nitrogens with zero attached hydrogens (tertiary/aromatic N) is 4. The lowest BCUT2D eigenvalue weighted by molar-refractivity contribution is -0.190. The number of esters is 1. The molecule has 0 spiro atoms. The maximum Gasteiger partial charge on any atom is 0.491 e. The van der Waals surface area contributed by atoms with Crippen molar-refractivity contribution in [1.29, 1.82) is 0 Å². The van der Waals surface area contributed by atoms with Crippen LogP contribution < -0.4 is 16.2 Å². The van der Waals surface area contributed by atoms with Gasteiger partial charge in [-0.2, -0.15) is 27.1 Å². The second-order valence-electron chi connectivity index (χ2n) is 6.77. The first-order valence-electron chi connectivity index (χ1n) is 9.47. The van der Waals surface area contributed by atoms with Gasteiger partial charge >= 0.3 is 17.8 Å². The van der Waals surface area contributed by atoms with E-state index >= 15 is 0 Å². The molecule has 33 heavy (non-hydrogen) atoms. The number of alkyl halides is 3. The van der Waals surface area contributed by atoms with E-state index in [9.17, 15) is 31.5 Å². The Morgan fingerprint density at radius 1 is 1.24 bits per heavy atom. The van der Waals surface area contributed by atoms with Gasteiger partial charge in [0.05, 0.1) is 25.5 Å². The highest BCUT2D eigenvalue weighted by atomic mass is 32.1. The molecule has 0 aliphatic rings. The van der Waals surface area contributed by atoms with E-state index < -0.39 is 48.5 Å². The first-order valence-corrected chi connectivity index (χ1v) is 10.3. The molecule has 0 amide bonds. The number of rotatable bonds is 8. The minimum atomic E-state index is -5.31. The van der Waals surface area contributed by atoms with E-state index in [4.69, 9.17) is 5.73 Å². The molecule has 14 heteroatoms. The normalized spacial score (nSPS) is 11.6. The van der Waals surface area contributed by atoms with Crippen LogP contribution in [0.3, 0.4) is 0 Å². The average Bonchev–Trinajstić information content (AvgIpc) is 3.47. The van der Waals surface area contributed by atoms with Gasteiger partial charge < -0.3 is 10.5 Å². The van der Waals surface area contributed by atoms with E-state index in [0.29, 0.717) is 16.0 Å². The predicted molar refractivity (Wildman–Crippen MR) is 109 cm³/mol. The molecule has 3 rings (SSSR count). The molecule has 0 aliphatic heterocycles. The number of nitrogens with two attached hydrogens (primary N) is 1. The standard InChI is InChI=1S/C19H18F5N5O3S/c1-2-28-8-12(6-26-28)14-4-3-13(33-14)9-29-15(32-17(30)19(22,23)24)10-27(18(29)31)7-11(5-25)16(20)21/h3-4,6,8,10H,2,5,7,9,25H2,1H3. The molecule has 0 aromatic carbocycles. The second-order valence-corrected chi connectivity index (χ2v) is 7.94. The Labute approximate surface area is 187 Å². The minimum absolute atomic E-state index is 0.251. The Bertz CT molecular complexity index is 1230. The summed E-state index contributed by atoms with van der Waals surface area (Å²) in [5.74, 6) is -3.27. The monoisotopic (exact) mass is 491 g/mol. The molecular weight excluding hydrogens is 473 g/mol. The first kappa shape index (κ1) is 24.4. The largest absolute Gasteiger partial charge is 0.491 e. The molecule has 0 radical (unpaired) electrons. The van der Waals surface area contributed by atoms with E-state index in [2.05, 4.69) is 9.84 Å². The molecule has 3 aromatic heterocycles. The van der Waals surface area contributed by atoms with Crippen molar-refractivity contribution < 1.29 is 31.5 Å². The number of thiophene rings is 1. The zero-order valence-corrected chi connectivity index (χ0v) is 17.9. The molecule has 8 nitrogen and oxygen atoms in total. The Morgan fingerprint density at radius 3 is 2.55 bits per heavy atom. The zero-order valence-electron chi connectivity index (χ0n) is 17.1. The number of hydrogen-bond donors (Lipinski definition) is 1. The van der Waals surface area contributed by atoms with Gasteiger partial charge in [0.1, 0.15) is 0 Å². The van der Waals surface area contributed by atoms with E-state index in [0.717, 1.165) is 21.2 Å². The summed E-state index contributed by atoms with van der Waals surface area (Å²) >= 11 is 1.24. The van der Waals surface area contributed by atoms with Crippen molar-refractivity contribution >= 4 is 17.3 Å².